The summed E-state index contributed by atoms with van der Waals surface area (Å²) in [6, 6.07) is 5.81. The van der Waals surface area contributed by atoms with Crippen molar-refractivity contribution in [3.63, 3.8) is 0 Å². The van der Waals surface area contributed by atoms with E-state index in [1.165, 1.54) is 0 Å². The number of carbonyl (C=O) groups is 2. The van der Waals surface area contributed by atoms with Crippen molar-refractivity contribution in [2.24, 2.45) is 0 Å². The lowest BCUT2D eigenvalue weighted by Crippen LogP contribution is -2.38. The van der Waals surface area contributed by atoms with Crippen molar-refractivity contribution < 1.29 is 9.59 Å². The molecule has 0 unspecified atom stereocenters. The lowest BCUT2D eigenvalue weighted by molar-refractivity contribution is -0.120. The van der Waals surface area contributed by atoms with Crippen molar-refractivity contribution in [3.05, 3.63) is 33.8 Å². The molecule has 0 aliphatic heterocycles. The molecule has 18 heavy (non-hydrogen) atoms. The number of nitrogens with one attached hydrogen (secondary N) is 1. The molecule has 0 atom stereocenters. The van der Waals surface area contributed by atoms with Crippen LogP contribution in [-0.2, 0) is 4.79 Å². The van der Waals surface area contributed by atoms with Crippen LogP contribution in [0.2, 0.25) is 0 Å². The highest BCUT2D eigenvalue weighted by atomic mass is 79.9. The van der Waals surface area contributed by atoms with Crippen LogP contribution in [0, 0.1) is 6.92 Å². The zero-order valence-corrected chi connectivity index (χ0v) is 11.9. The van der Waals surface area contributed by atoms with E-state index in [9.17, 15) is 9.59 Å². The summed E-state index contributed by atoms with van der Waals surface area (Å²) in [6.45, 7) is 1.92. The molecule has 3 nitrogen and oxygen atoms in total. The molecule has 0 aromatic heterocycles. The van der Waals surface area contributed by atoms with E-state index in [1.807, 2.05) is 25.1 Å². The van der Waals surface area contributed by atoms with Gasteiger partial charge in [-0.3, -0.25) is 9.59 Å². The lowest BCUT2D eigenvalue weighted by Gasteiger charge is -2.22. The van der Waals surface area contributed by atoms with Gasteiger partial charge in [-0.05, 0) is 37.5 Å². The van der Waals surface area contributed by atoms with Crippen LogP contribution < -0.4 is 5.32 Å². The molecule has 4 heteroatoms. The third kappa shape index (κ3) is 3.19. The Morgan fingerprint density at radius 2 is 2.00 bits per heavy atom. The van der Waals surface area contributed by atoms with Crippen LogP contribution in [0.1, 0.15) is 41.6 Å². The number of Topliss-reactive ketones (excluding diaryl/α,β-unsaturated/α-hetero) is 1. The van der Waals surface area contributed by atoms with Gasteiger partial charge in [-0.2, -0.15) is 0 Å². The van der Waals surface area contributed by atoms with E-state index in [-0.39, 0.29) is 11.9 Å². The quantitative estimate of drug-likeness (QED) is 0.913. The molecule has 1 aromatic carbocycles. The predicted octanol–water partition coefficient (Wildman–Crippen LogP) is 3.00. The SMILES string of the molecule is Cc1ccc(Br)cc1C(=O)NC1CCC(=O)CC1. The molecule has 1 aliphatic rings. The van der Waals surface area contributed by atoms with E-state index in [4.69, 9.17) is 0 Å². The highest BCUT2D eigenvalue weighted by Crippen LogP contribution is 2.18. The smallest absolute Gasteiger partial charge is 0.251 e. The van der Waals surface area contributed by atoms with Crippen molar-refractivity contribution in [1.82, 2.24) is 5.32 Å². The van der Waals surface area contributed by atoms with Gasteiger partial charge in [0.25, 0.3) is 5.91 Å². The molecule has 1 fully saturated rings. The van der Waals surface area contributed by atoms with Gasteiger partial charge in [0, 0.05) is 28.9 Å². The van der Waals surface area contributed by atoms with Gasteiger partial charge >= 0.3 is 0 Å². The third-order valence-electron chi connectivity index (χ3n) is 3.32. The van der Waals surface area contributed by atoms with Crippen LogP contribution in [0.3, 0.4) is 0 Å². The minimum absolute atomic E-state index is 0.0480. The number of aryl methyl sites for hydroxylation is 1. The minimum Gasteiger partial charge on any atom is -0.349 e. The van der Waals surface area contributed by atoms with E-state index >= 15 is 0 Å². The van der Waals surface area contributed by atoms with Gasteiger partial charge in [-0.15, -0.1) is 0 Å². The third-order valence-corrected chi connectivity index (χ3v) is 3.82. The Hall–Kier alpha value is -1.16. The Balaban J connectivity index is 2.03. The molecule has 1 aromatic rings. The fraction of sp³-hybridized carbons (Fsp3) is 0.429. The Bertz CT molecular complexity index is 475. The highest BCUT2D eigenvalue weighted by molar-refractivity contribution is 9.10. The zero-order valence-electron chi connectivity index (χ0n) is 10.3. The Morgan fingerprint density at radius 3 is 2.67 bits per heavy atom. The molecule has 1 aliphatic carbocycles. The summed E-state index contributed by atoms with van der Waals surface area (Å²) in [5, 5.41) is 3.01. The van der Waals surface area contributed by atoms with E-state index in [0.29, 0.717) is 24.2 Å². The van der Waals surface area contributed by atoms with Crippen molar-refractivity contribution >= 4 is 27.6 Å². The van der Waals surface area contributed by atoms with E-state index in [0.717, 1.165) is 22.9 Å². The van der Waals surface area contributed by atoms with Crippen LogP contribution in [0.15, 0.2) is 22.7 Å². The normalized spacial score (nSPS) is 16.7. The highest BCUT2D eigenvalue weighted by Gasteiger charge is 2.21. The fourth-order valence-corrected chi connectivity index (χ4v) is 2.55. The zero-order chi connectivity index (χ0) is 13.1. The first-order valence-electron chi connectivity index (χ1n) is 6.15. The summed E-state index contributed by atoms with van der Waals surface area (Å²) in [5.41, 5.74) is 1.66. The van der Waals surface area contributed by atoms with Gasteiger partial charge in [0.15, 0.2) is 0 Å². The molecule has 0 saturated heterocycles. The predicted molar refractivity (Wildman–Crippen MR) is 73.6 cm³/mol. The maximum atomic E-state index is 12.2. The average Bonchev–Trinajstić information content (AvgIpc) is 2.35. The second kappa shape index (κ2) is 5.65. The first kappa shape index (κ1) is 13.3. The summed E-state index contributed by atoms with van der Waals surface area (Å²) in [4.78, 5) is 23.3. The number of benzene rings is 1. The van der Waals surface area contributed by atoms with Gasteiger partial charge in [0.05, 0.1) is 0 Å². The summed E-state index contributed by atoms with van der Waals surface area (Å²) < 4.78 is 0.900. The summed E-state index contributed by atoms with van der Waals surface area (Å²) in [5.74, 6) is 0.257. The Kier molecular flexibility index (Phi) is 4.17. The first-order chi connectivity index (χ1) is 8.56. The van der Waals surface area contributed by atoms with Crippen molar-refractivity contribution in [1.29, 1.82) is 0 Å². The largest absolute Gasteiger partial charge is 0.349 e. The summed E-state index contributed by atoms with van der Waals surface area (Å²) >= 11 is 3.37. The van der Waals surface area contributed by atoms with Crippen molar-refractivity contribution in [2.45, 2.75) is 38.6 Å². The lowest BCUT2D eigenvalue weighted by atomic mass is 9.94. The maximum Gasteiger partial charge on any atom is 0.251 e. The van der Waals surface area contributed by atoms with Crippen LogP contribution >= 0.6 is 15.9 Å². The molecule has 0 bridgehead atoms. The van der Waals surface area contributed by atoms with Gasteiger partial charge in [0.1, 0.15) is 5.78 Å². The van der Waals surface area contributed by atoms with Crippen LogP contribution in [0.4, 0.5) is 0 Å². The molecule has 0 spiro atoms. The molecule has 96 valence electrons. The number of hydrogen-bond acceptors (Lipinski definition) is 2. The van der Waals surface area contributed by atoms with Gasteiger partial charge in [0.2, 0.25) is 0 Å². The Morgan fingerprint density at radius 1 is 1.33 bits per heavy atom. The van der Waals surface area contributed by atoms with E-state index < -0.39 is 0 Å². The second-order valence-electron chi connectivity index (χ2n) is 4.75. The van der Waals surface area contributed by atoms with Crippen LogP contribution in [0.5, 0.6) is 0 Å². The number of carbonyl (C=O) groups excluding carboxylic acids is 2. The standard InChI is InChI=1S/C14H16BrNO2/c1-9-2-3-10(15)8-13(9)14(18)16-11-4-6-12(17)7-5-11/h2-3,8,11H,4-7H2,1H3,(H,16,18). The average molecular weight is 310 g/mol. The molecule has 1 N–H and O–H groups in total. The van der Waals surface area contributed by atoms with Crippen molar-refractivity contribution in [2.75, 3.05) is 0 Å². The number of halogens is 1. The maximum absolute atomic E-state index is 12.2. The topological polar surface area (TPSA) is 46.2 Å². The molecular weight excluding hydrogens is 294 g/mol. The molecule has 0 heterocycles. The molecule has 2 rings (SSSR count). The summed E-state index contributed by atoms with van der Waals surface area (Å²) in [6.07, 6.45) is 2.69. The van der Waals surface area contributed by atoms with Crippen LogP contribution in [-0.4, -0.2) is 17.7 Å². The number of ketones is 1. The van der Waals surface area contributed by atoms with Gasteiger partial charge < -0.3 is 5.32 Å². The van der Waals surface area contributed by atoms with Gasteiger partial charge in [-0.1, -0.05) is 22.0 Å². The van der Waals surface area contributed by atoms with E-state index in [2.05, 4.69) is 21.2 Å². The second-order valence-corrected chi connectivity index (χ2v) is 5.66. The minimum atomic E-state index is -0.0480. The first-order valence-corrected chi connectivity index (χ1v) is 6.94. The Labute approximate surface area is 115 Å². The number of amides is 1. The van der Waals surface area contributed by atoms with Crippen molar-refractivity contribution in [3.8, 4) is 0 Å². The fourth-order valence-electron chi connectivity index (χ4n) is 2.19. The van der Waals surface area contributed by atoms with E-state index in [1.54, 1.807) is 0 Å². The number of rotatable bonds is 2. The molecule has 1 amide bonds. The molecule has 1 saturated carbocycles. The monoisotopic (exact) mass is 309 g/mol. The van der Waals surface area contributed by atoms with Crippen LogP contribution in [0.25, 0.3) is 0 Å². The molecular formula is C14H16BrNO2. The summed E-state index contributed by atoms with van der Waals surface area (Å²) in [7, 11) is 0. The number of hydrogen-bond donors (Lipinski definition) is 1. The van der Waals surface area contributed by atoms with Gasteiger partial charge in [-0.25, -0.2) is 0 Å². The molecule has 0 radical (unpaired) electrons.